The molecule has 1 saturated carbocycles. The second-order valence-corrected chi connectivity index (χ2v) is 15.6. The Hall–Kier alpha value is 0.00688. The summed E-state index contributed by atoms with van der Waals surface area (Å²) in [5.74, 6) is 0.536. The van der Waals surface area contributed by atoms with Gasteiger partial charge in [0.1, 0.15) is 5.78 Å². The molecule has 0 N–H and O–H groups in total. The van der Waals surface area contributed by atoms with Crippen molar-refractivity contribution >= 4 is 43.0 Å². The van der Waals surface area contributed by atoms with Gasteiger partial charge in [0.15, 0.2) is 0 Å². The number of ketones is 1. The predicted octanol–water partition coefficient (Wildman–Crippen LogP) is 6.09. The standard InChI is InChI=1S/C22H42O5S2Si/c1-11-24-19(28)29-18(15-14-17(23)16-12-13-16)30(25-20(2,3)4,26-21(5,6)7)27-22(8,9)10/h16,18H,11-15H2,1-10H3. The Bertz CT molecular complexity index is 545. The van der Waals surface area contributed by atoms with E-state index in [0.29, 0.717) is 29.6 Å². The third-order valence-corrected chi connectivity index (χ3v) is 10.2. The van der Waals surface area contributed by atoms with Crippen molar-refractivity contribution in [3.8, 4) is 0 Å². The number of Topliss-reactive ketones (excluding diaryl/α,β-unsaturated/α-hetero) is 1. The molecule has 0 aromatic carbocycles. The average molecular weight is 479 g/mol. The lowest BCUT2D eigenvalue weighted by Crippen LogP contribution is -2.63. The highest BCUT2D eigenvalue weighted by molar-refractivity contribution is 8.23. The summed E-state index contributed by atoms with van der Waals surface area (Å²) in [6.45, 7) is 20.4. The summed E-state index contributed by atoms with van der Waals surface area (Å²) < 4.78 is 26.0. The maximum Gasteiger partial charge on any atom is 0.516 e. The van der Waals surface area contributed by atoms with Gasteiger partial charge in [-0.3, -0.25) is 4.79 Å². The van der Waals surface area contributed by atoms with Crippen LogP contribution in [-0.4, -0.2) is 47.3 Å². The lowest BCUT2D eigenvalue weighted by molar-refractivity contribution is -0.120. The van der Waals surface area contributed by atoms with Crippen LogP contribution in [-0.2, 0) is 22.8 Å². The highest BCUT2D eigenvalue weighted by atomic mass is 32.2. The molecule has 1 fully saturated rings. The quantitative estimate of drug-likeness (QED) is 0.278. The largest absolute Gasteiger partial charge is 0.516 e. The van der Waals surface area contributed by atoms with Gasteiger partial charge >= 0.3 is 8.80 Å². The van der Waals surface area contributed by atoms with E-state index in [9.17, 15) is 4.79 Å². The van der Waals surface area contributed by atoms with E-state index in [0.717, 1.165) is 12.8 Å². The Kier molecular flexibility index (Phi) is 10.0. The number of ether oxygens (including phenoxy) is 1. The number of rotatable bonds is 10. The molecule has 0 saturated heterocycles. The fourth-order valence-corrected chi connectivity index (χ4v) is 9.28. The van der Waals surface area contributed by atoms with E-state index < -0.39 is 25.6 Å². The topological polar surface area (TPSA) is 54.0 Å². The van der Waals surface area contributed by atoms with Crippen LogP contribution in [0.2, 0.25) is 0 Å². The minimum atomic E-state index is -3.36. The van der Waals surface area contributed by atoms with Crippen molar-refractivity contribution in [2.24, 2.45) is 5.92 Å². The molecule has 30 heavy (non-hydrogen) atoms. The molecule has 0 aromatic rings. The first-order valence-electron chi connectivity index (χ1n) is 10.9. The summed E-state index contributed by atoms with van der Waals surface area (Å²) in [7, 11) is -3.36. The highest BCUT2D eigenvalue weighted by Gasteiger charge is 2.57. The first-order chi connectivity index (χ1) is 13.5. The lowest BCUT2D eigenvalue weighted by atomic mass is 10.1. The van der Waals surface area contributed by atoms with Crippen molar-refractivity contribution < 1.29 is 22.8 Å². The molecule has 0 heterocycles. The number of hydrogen-bond acceptors (Lipinski definition) is 7. The molecule has 5 nitrogen and oxygen atoms in total. The van der Waals surface area contributed by atoms with Gasteiger partial charge in [0.25, 0.3) is 0 Å². The molecule has 0 aliphatic heterocycles. The zero-order chi connectivity index (χ0) is 23.4. The molecule has 0 amide bonds. The number of thiocarbonyl (C=S) groups is 1. The maximum atomic E-state index is 12.5. The van der Waals surface area contributed by atoms with Crippen LogP contribution in [0.15, 0.2) is 0 Å². The molecule has 0 radical (unpaired) electrons. The Morgan fingerprint density at radius 2 is 1.40 bits per heavy atom. The van der Waals surface area contributed by atoms with Gasteiger partial charge in [0.05, 0.1) is 28.3 Å². The summed E-state index contributed by atoms with van der Waals surface area (Å²) >= 11 is 6.89. The highest BCUT2D eigenvalue weighted by Crippen LogP contribution is 2.40. The number of carbonyl (C=O) groups excluding carboxylic acids is 1. The van der Waals surface area contributed by atoms with E-state index in [1.165, 1.54) is 11.8 Å². The second-order valence-electron chi connectivity index (χ2n) is 10.8. The molecule has 1 aliphatic rings. The Morgan fingerprint density at radius 1 is 0.967 bits per heavy atom. The van der Waals surface area contributed by atoms with Crippen molar-refractivity contribution in [2.45, 2.75) is 117 Å². The molecule has 8 heteroatoms. The van der Waals surface area contributed by atoms with E-state index in [1.54, 1.807) is 0 Å². The third-order valence-electron chi connectivity index (χ3n) is 3.93. The Labute approximate surface area is 194 Å². The van der Waals surface area contributed by atoms with Gasteiger partial charge in [-0.25, -0.2) is 0 Å². The Morgan fingerprint density at radius 3 is 1.73 bits per heavy atom. The van der Waals surface area contributed by atoms with Crippen molar-refractivity contribution in [2.75, 3.05) is 6.61 Å². The van der Waals surface area contributed by atoms with Gasteiger partial charge in [0.2, 0.25) is 4.38 Å². The van der Waals surface area contributed by atoms with E-state index in [2.05, 4.69) is 0 Å². The molecule has 1 rings (SSSR count). The van der Waals surface area contributed by atoms with Gasteiger partial charge in [-0.1, -0.05) is 11.8 Å². The van der Waals surface area contributed by atoms with Crippen molar-refractivity contribution in [3.05, 3.63) is 0 Å². The summed E-state index contributed by atoms with van der Waals surface area (Å²) in [4.78, 5) is 12.3. The third kappa shape index (κ3) is 11.0. The normalized spacial score (nSPS) is 17.0. The van der Waals surface area contributed by atoms with Crippen LogP contribution in [0.4, 0.5) is 0 Å². The van der Waals surface area contributed by atoms with E-state index in [4.69, 9.17) is 30.2 Å². The molecule has 0 spiro atoms. The summed E-state index contributed by atoms with van der Waals surface area (Å²) in [5, 5.41) is 0. The number of thioether (sulfide) groups is 1. The van der Waals surface area contributed by atoms with E-state index >= 15 is 0 Å². The first kappa shape index (κ1) is 28.0. The Balaban J connectivity index is 3.37. The molecular weight excluding hydrogens is 436 g/mol. The van der Waals surface area contributed by atoms with Gasteiger partial charge < -0.3 is 18.0 Å². The molecule has 1 atom stereocenters. The fraction of sp³-hybridized carbons (Fsp3) is 0.909. The zero-order valence-electron chi connectivity index (χ0n) is 20.5. The lowest BCUT2D eigenvalue weighted by Gasteiger charge is -2.46. The summed E-state index contributed by atoms with van der Waals surface area (Å²) in [6.07, 6.45) is 3.07. The average Bonchev–Trinajstić information content (AvgIpc) is 3.30. The number of carbonyl (C=O) groups is 1. The van der Waals surface area contributed by atoms with Crippen LogP contribution >= 0.6 is 24.0 Å². The predicted molar refractivity (Wildman–Crippen MR) is 131 cm³/mol. The zero-order valence-corrected chi connectivity index (χ0v) is 23.2. The summed E-state index contributed by atoms with van der Waals surface area (Å²) in [5.41, 5.74) is -1.47. The van der Waals surface area contributed by atoms with Crippen molar-refractivity contribution in [3.63, 3.8) is 0 Å². The van der Waals surface area contributed by atoms with E-state index in [-0.39, 0.29) is 10.8 Å². The molecule has 0 bridgehead atoms. The van der Waals surface area contributed by atoms with Crippen LogP contribution in [0.25, 0.3) is 0 Å². The molecular formula is C22H42O5S2Si. The van der Waals surface area contributed by atoms with E-state index in [1.807, 2.05) is 69.2 Å². The van der Waals surface area contributed by atoms with Gasteiger partial charge in [-0.15, -0.1) is 0 Å². The molecule has 176 valence electrons. The van der Waals surface area contributed by atoms with Crippen LogP contribution in [0.5, 0.6) is 0 Å². The smallest absolute Gasteiger partial charge is 0.479 e. The second kappa shape index (κ2) is 10.7. The molecule has 1 aliphatic carbocycles. The van der Waals surface area contributed by atoms with Crippen LogP contribution in [0, 0.1) is 5.92 Å². The van der Waals surface area contributed by atoms with Gasteiger partial charge in [-0.05, 0) is 101 Å². The molecule has 1 unspecified atom stereocenters. The van der Waals surface area contributed by atoms with Crippen molar-refractivity contribution in [1.29, 1.82) is 0 Å². The SMILES string of the molecule is CCOC(=S)SC(CCC(=O)C1CC1)[Si](OC(C)(C)C)(OC(C)(C)C)OC(C)(C)C. The van der Waals surface area contributed by atoms with Gasteiger partial charge in [0, 0.05) is 12.3 Å². The van der Waals surface area contributed by atoms with Crippen LogP contribution in [0.3, 0.4) is 0 Å². The fourth-order valence-electron chi connectivity index (χ4n) is 3.00. The van der Waals surface area contributed by atoms with Crippen LogP contribution in [0.1, 0.15) is 94.9 Å². The van der Waals surface area contributed by atoms with Crippen molar-refractivity contribution in [1.82, 2.24) is 0 Å². The minimum absolute atomic E-state index is 0.223. The van der Waals surface area contributed by atoms with Crippen LogP contribution < -0.4 is 0 Å². The maximum absolute atomic E-state index is 12.5. The molecule has 0 aromatic heterocycles. The van der Waals surface area contributed by atoms with Gasteiger partial charge in [-0.2, -0.15) is 0 Å². The minimum Gasteiger partial charge on any atom is -0.479 e. The first-order valence-corrected chi connectivity index (χ1v) is 14.0. The summed E-state index contributed by atoms with van der Waals surface area (Å²) in [6, 6.07) is 0. The monoisotopic (exact) mass is 478 g/mol. The number of hydrogen-bond donors (Lipinski definition) is 0.